The number of aromatic amines is 1. The van der Waals surface area contributed by atoms with Crippen LogP contribution in [0.2, 0.25) is 0 Å². The lowest BCUT2D eigenvalue weighted by Gasteiger charge is -2.06. The standard InChI is InChI=1S/C10H10N4O3S/c1-6-7(9(15)16)8(13-10(17)12-6)18-5-14-4-2-3-11-14/h2-4H,5H2,1H3,(H,15,16)(H,12,13,17). The summed E-state index contributed by atoms with van der Waals surface area (Å²) in [5.74, 6) is -0.720. The Labute approximate surface area is 106 Å². The van der Waals surface area contributed by atoms with Crippen molar-refractivity contribution in [2.75, 3.05) is 0 Å². The summed E-state index contributed by atoms with van der Waals surface area (Å²) in [6.45, 7) is 1.53. The van der Waals surface area contributed by atoms with E-state index in [-0.39, 0.29) is 10.6 Å². The van der Waals surface area contributed by atoms with Gasteiger partial charge in [0, 0.05) is 18.1 Å². The molecule has 2 N–H and O–H groups in total. The maximum atomic E-state index is 11.3. The molecule has 0 aliphatic heterocycles. The first kappa shape index (κ1) is 12.4. The molecular formula is C10H10N4O3S. The zero-order valence-electron chi connectivity index (χ0n) is 9.45. The summed E-state index contributed by atoms with van der Waals surface area (Å²) >= 11 is 1.15. The van der Waals surface area contributed by atoms with E-state index < -0.39 is 11.7 Å². The Morgan fingerprint density at radius 2 is 2.39 bits per heavy atom. The highest BCUT2D eigenvalue weighted by Crippen LogP contribution is 2.21. The molecule has 0 radical (unpaired) electrons. The van der Waals surface area contributed by atoms with Gasteiger partial charge >= 0.3 is 11.7 Å². The second kappa shape index (κ2) is 5.05. The Morgan fingerprint density at radius 1 is 1.61 bits per heavy atom. The van der Waals surface area contributed by atoms with Crippen molar-refractivity contribution in [3.8, 4) is 0 Å². The Kier molecular flexibility index (Phi) is 3.47. The van der Waals surface area contributed by atoms with Crippen molar-refractivity contribution in [3.63, 3.8) is 0 Å². The molecule has 0 aliphatic rings. The third-order valence-corrected chi connectivity index (χ3v) is 3.16. The smallest absolute Gasteiger partial charge is 0.346 e. The second-order valence-corrected chi connectivity index (χ2v) is 4.40. The predicted molar refractivity (Wildman–Crippen MR) is 64.6 cm³/mol. The first-order chi connectivity index (χ1) is 8.58. The number of aryl methyl sites for hydroxylation is 1. The van der Waals surface area contributed by atoms with E-state index in [2.05, 4.69) is 15.1 Å². The van der Waals surface area contributed by atoms with Crippen molar-refractivity contribution in [1.82, 2.24) is 19.7 Å². The molecule has 2 rings (SSSR count). The lowest BCUT2D eigenvalue weighted by molar-refractivity contribution is 0.0690. The maximum Gasteiger partial charge on any atom is 0.346 e. The van der Waals surface area contributed by atoms with Crippen molar-refractivity contribution in [2.45, 2.75) is 17.8 Å². The fraction of sp³-hybridized carbons (Fsp3) is 0.200. The predicted octanol–water partition coefficient (Wildman–Crippen LogP) is 0.723. The maximum absolute atomic E-state index is 11.3. The van der Waals surface area contributed by atoms with Crippen LogP contribution >= 0.6 is 11.8 Å². The van der Waals surface area contributed by atoms with Gasteiger partial charge in [-0.15, -0.1) is 0 Å². The zero-order chi connectivity index (χ0) is 13.1. The Balaban J connectivity index is 2.31. The number of nitrogens with one attached hydrogen (secondary N) is 1. The average Bonchev–Trinajstić information content (AvgIpc) is 2.77. The summed E-state index contributed by atoms with van der Waals surface area (Å²) in [7, 11) is 0. The summed E-state index contributed by atoms with van der Waals surface area (Å²) in [6, 6.07) is 1.76. The third-order valence-electron chi connectivity index (χ3n) is 2.19. The number of nitrogens with zero attached hydrogens (tertiary/aromatic N) is 3. The molecule has 7 nitrogen and oxygen atoms in total. The number of aromatic carboxylic acids is 1. The second-order valence-electron chi connectivity index (χ2n) is 3.47. The number of carbonyl (C=O) groups is 1. The number of hydrogen-bond acceptors (Lipinski definition) is 5. The molecule has 2 heterocycles. The molecule has 0 fully saturated rings. The summed E-state index contributed by atoms with van der Waals surface area (Å²) in [4.78, 5) is 28.4. The van der Waals surface area contributed by atoms with Crippen LogP contribution in [0.5, 0.6) is 0 Å². The Hall–Kier alpha value is -2.09. The molecule has 0 aliphatic carbocycles. The molecule has 0 bridgehead atoms. The van der Waals surface area contributed by atoms with Gasteiger partial charge in [0.05, 0.1) is 5.88 Å². The van der Waals surface area contributed by atoms with Gasteiger partial charge < -0.3 is 10.1 Å². The number of carboxylic acids is 1. The van der Waals surface area contributed by atoms with Crippen LogP contribution in [-0.4, -0.2) is 30.8 Å². The van der Waals surface area contributed by atoms with Gasteiger partial charge in [0.25, 0.3) is 0 Å². The van der Waals surface area contributed by atoms with E-state index in [4.69, 9.17) is 5.11 Å². The van der Waals surface area contributed by atoms with Crippen LogP contribution in [-0.2, 0) is 5.88 Å². The number of H-pyrrole nitrogens is 1. The van der Waals surface area contributed by atoms with Gasteiger partial charge in [0.2, 0.25) is 0 Å². The summed E-state index contributed by atoms with van der Waals surface area (Å²) in [5, 5.41) is 13.3. The van der Waals surface area contributed by atoms with Crippen LogP contribution in [0.3, 0.4) is 0 Å². The van der Waals surface area contributed by atoms with Crippen LogP contribution in [0.1, 0.15) is 16.1 Å². The lowest BCUT2D eigenvalue weighted by atomic mass is 10.2. The molecule has 0 saturated heterocycles. The van der Waals surface area contributed by atoms with Gasteiger partial charge in [-0.05, 0) is 13.0 Å². The molecule has 18 heavy (non-hydrogen) atoms. The van der Waals surface area contributed by atoms with Crippen molar-refractivity contribution >= 4 is 17.7 Å². The fourth-order valence-corrected chi connectivity index (χ4v) is 2.36. The van der Waals surface area contributed by atoms with E-state index in [0.717, 1.165) is 11.8 Å². The molecule has 8 heteroatoms. The number of carboxylic acid groups (broad SMARTS) is 1. The van der Waals surface area contributed by atoms with Crippen LogP contribution in [0.25, 0.3) is 0 Å². The Morgan fingerprint density at radius 3 is 3.00 bits per heavy atom. The largest absolute Gasteiger partial charge is 0.478 e. The number of hydrogen-bond donors (Lipinski definition) is 2. The summed E-state index contributed by atoms with van der Waals surface area (Å²) in [6.07, 6.45) is 3.36. The molecule has 0 atom stereocenters. The van der Waals surface area contributed by atoms with Crippen molar-refractivity contribution < 1.29 is 9.90 Å². The highest BCUT2D eigenvalue weighted by atomic mass is 32.2. The summed E-state index contributed by atoms with van der Waals surface area (Å²) < 4.78 is 1.62. The number of rotatable bonds is 4. The average molecular weight is 266 g/mol. The first-order valence-electron chi connectivity index (χ1n) is 5.02. The quantitative estimate of drug-likeness (QED) is 0.624. The van der Waals surface area contributed by atoms with E-state index in [1.165, 1.54) is 6.92 Å². The van der Waals surface area contributed by atoms with Crippen LogP contribution in [0.4, 0.5) is 0 Å². The third kappa shape index (κ3) is 2.59. The zero-order valence-corrected chi connectivity index (χ0v) is 10.3. The SMILES string of the molecule is Cc1[nH]c(=O)nc(SCn2cccn2)c1C(=O)O. The van der Waals surface area contributed by atoms with Crippen molar-refractivity contribution in [2.24, 2.45) is 0 Å². The number of thioether (sulfide) groups is 1. The van der Waals surface area contributed by atoms with Crippen LogP contribution in [0, 0.1) is 6.92 Å². The summed E-state index contributed by atoms with van der Waals surface area (Å²) in [5.41, 5.74) is -0.238. The minimum absolute atomic E-state index is 0.0201. The van der Waals surface area contributed by atoms with Gasteiger partial charge in [-0.1, -0.05) is 11.8 Å². The van der Waals surface area contributed by atoms with Crippen molar-refractivity contribution in [1.29, 1.82) is 0 Å². The molecular weight excluding hydrogens is 256 g/mol. The Bertz CT molecular complexity index is 621. The van der Waals surface area contributed by atoms with Gasteiger partial charge in [-0.25, -0.2) is 9.59 Å². The minimum atomic E-state index is -1.11. The van der Waals surface area contributed by atoms with Crippen molar-refractivity contribution in [3.05, 3.63) is 40.2 Å². The molecule has 0 saturated carbocycles. The lowest BCUT2D eigenvalue weighted by Crippen LogP contribution is -2.18. The van der Waals surface area contributed by atoms with Gasteiger partial charge in [0.15, 0.2) is 0 Å². The number of aromatic nitrogens is 4. The molecule has 0 spiro atoms. The van der Waals surface area contributed by atoms with Crippen LogP contribution in [0.15, 0.2) is 28.3 Å². The van der Waals surface area contributed by atoms with E-state index >= 15 is 0 Å². The topological polar surface area (TPSA) is 101 Å². The van der Waals surface area contributed by atoms with Crippen LogP contribution < -0.4 is 5.69 Å². The molecule has 2 aromatic rings. The van der Waals surface area contributed by atoms with E-state index in [0.29, 0.717) is 11.6 Å². The molecule has 94 valence electrons. The van der Waals surface area contributed by atoms with Gasteiger partial charge in [-0.2, -0.15) is 10.1 Å². The molecule has 0 amide bonds. The van der Waals surface area contributed by atoms with Gasteiger partial charge in [-0.3, -0.25) is 4.68 Å². The van der Waals surface area contributed by atoms with Gasteiger partial charge in [0.1, 0.15) is 10.6 Å². The monoisotopic (exact) mass is 266 g/mol. The van der Waals surface area contributed by atoms with E-state index in [1.807, 2.05) is 0 Å². The van der Waals surface area contributed by atoms with E-state index in [1.54, 1.807) is 23.1 Å². The highest BCUT2D eigenvalue weighted by molar-refractivity contribution is 7.98. The minimum Gasteiger partial charge on any atom is -0.478 e. The highest BCUT2D eigenvalue weighted by Gasteiger charge is 2.16. The first-order valence-corrected chi connectivity index (χ1v) is 6.01. The molecule has 0 unspecified atom stereocenters. The molecule has 0 aromatic carbocycles. The molecule has 2 aromatic heterocycles. The fourth-order valence-electron chi connectivity index (χ4n) is 1.42. The van der Waals surface area contributed by atoms with E-state index in [9.17, 15) is 9.59 Å². The normalized spacial score (nSPS) is 10.5.